The Morgan fingerprint density at radius 1 is 0.949 bits per heavy atom. The van der Waals surface area contributed by atoms with Gasteiger partial charge in [0.2, 0.25) is 0 Å². The van der Waals surface area contributed by atoms with Crippen molar-refractivity contribution < 1.29 is 14.9 Å². The Morgan fingerprint density at radius 2 is 1.62 bits per heavy atom. The summed E-state index contributed by atoms with van der Waals surface area (Å²) in [7, 11) is 0. The quantitative estimate of drug-likeness (QED) is 0.259. The van der Waals surface area contributed by atoms with E-state index in [1.54, 1.807) is 11.8 Å². The molecule has 8 heteroatoms. The second-order valence-corrected chi connectivity index (χ2v) is 11.0. The Kier molecular flexibility index (Phi) is 8.88. The first kappa shape index (κ1) is 27.3. The number of aromatic nitrogens is 2. The van der Waals surface area contributed by atoms with Gasteiger partial charge in [-0.1, -0.05) is 48.2 Å². The Balaban J connectivity index is 1.18. The van der Waals surface area contributed by atoms with Gasteiger partial charge in [0, 0.05) is 35.1 Å². The van der Waals surface area contributed by atoms with E-state index >= 15 is 0 Å². The van der Waals surface area contributed by atoms with Crippen LogP contribution in [0.2, 0.25) is 0 Å². The number of rotatable bonds is 12. The standard InChI is InChI=1S/C31H36N4O3S/c1-23-19-24(2)35(32-23)16-18-38-27-13-11-25(12-14-27)20-33(15-17-36)21-26(37)22-34-28-7-3-5-9-30(28)39-31-10-6-4-8-29(31)34/h3-14,19,26,36-37H,15-18,20-22H2,1-2H3/t26-/m0/s1. The summed E-state index contributed by atoms with van der Waals surface area (Å²) in [4.78, 5) is 6.68. The first-order valence-electron chi connectivity index (χ1n) is 13.4. The normalized spacial score (nSPS) is 13.3. The van der Waals surface area contributed by atoms with Crippen molar-refractivity contribution in [1.82, 2.24) is 14.7 Å². The van der Waals surface area contributed by atoms with Gasteiger partial charge in [-0.25, -0.2) is 0 Å². The average molecular weight is 545 g/mol. The van der Waals surface area contributed by atoms with Crippen LogP contribution in [0.15, 0.2) is 88.7 Å². The van der Waals surface area contributed by atoms with Crippen LogP contribution in [0.4, 0.5) is 11.4 Å². The van der Waals surface area contributed by atoms with E-state index in [1.165, 1.54) is 9.79 Å². The molecule has 2 N–H and O–H groups in total. The summed E-state index contributed by atoms with van der Waals surface area (Å²) < 4.78 is 7.89. The molecule has 3 aromatic carbocycles. The smallest absolute Gasteiger partial charge is 0.119 e. The molecule has 1 atom stereocenters. The maximum Gasteiger partial charge on any atom is 0.119 e. The third-order valence-corrected chi connectivity index (χ3v) is 7.95. The molecule has 2 heterocycles. The molecule has 0 saturated heterocycles. The fourth-order valence-corrected chi connectivity index (χ4v) is 6.12. The molecular formula is C31H36N4O3S. The first-order valence-corrected chi connectivity index (χ1v) is 14.2. The Labute approximate surface area is 234 Å². The molecule has 1 aromatic heterocycles. The van der Waals surface area contributed by atoms with Crippen LogP contribution < -0.4 is 9.64 Å². The lowest BCUT2D eigenvalue weighted by atomic mass is 10.1. The molecule has 39 heavy (non-hydrogen) atoms. The lowest BCUT2D eigenvalue weighted by molar-refractivity contribution is 0.100. The van der Waals surface area contributed by atoms with Gasteiger partial charge in [0.1, 0.15) is 12.4 Å². The average Bonchev–Trinajstić information content (AvgIpc) is 3.26. The molecule has 1 aliphatic rings. The molecule has 1 aliphatic heterocycles. The Hall–Kier alpha value is -3.30. The van der Waals surface area contributed by atoms with Crippen molar-refractivity contribution in [2.45, 2.75) is 42.8 Å². The summed E-state index contributed by atoms with van der Waals surface area (Å²) in [5, 5.41) is 25.4. The van der Waals surface area contributed by atoms with Crippen molar-refractivity contribution in [3.63, 3.8) is 0 Å². The molecule has 0 bridgehead atoms. The number of nitrogens with zero attached hydrogens (tertiary/aromatic N) is 4. The number of aryl methyl sites for hydroxylation is 2. The van der Waals surface area contributed by atoms with Crippen molar-refractivity contribution in [2.24, 2.45) is 0 Å². The van der Waals surface area contributed by atoms with E-state index in [0.29, 0.717) is 39.3 Å². The van der Waals surface area contributed by atoms with Gasteiger partial charge >= 0.3 is 0 Å². The van der Waals surface area contributed by atoms with Crippen LogP contribution in [0.1, 0.15) is 17.0 Å². The van der Waals surface area contributed by atoms with Gasteiger partial charge in [0.15, 0.2) is 0 Å². The van der Waals surface area contributed by atoms with Crippen LogP contribution in [0.3, 0.4) is 0 Å². The van der Waals surface area contributed by atoms with Gasteiger partial charge < -0.3 is 19.8 Å². The minimum Gasteiger partial charge on any atom is -0.492 e. The predicted octanol–water partition coefficient (Wildman–Crippen LogP) is 5.04. The summed E-state index contributed by atoms with van der Waals surface area (Å²) in [6, 6.07) is 26.8. The minimum absolute atomic E-state index is 0.0340. The third-order valence-electron chi connectivity index (χ3n) is 6.82. The number of aliphatic hydroxyl groups excluding tert-OH is 2. The maximum absolute atomic E-state index is 11.2. The van der Waals surface area contributed by atoms with Crippen molar-refractivity contribution in [3.05, 3.63) is 95.8 Å². The summed E-state index contributed by atoms with van der Waals surface area (Å²) in [5.74, 6) is 0.814. The SMILES string of the molecule is Cc1cc(C)n(CCOc2ccc(CN(CCO)C[C@H](O)CN3c4ccccc4Sc4ccccc43)cc2)n1. The van der Waals surface area contributed by atoms with Crippen molar-refractivity contribution in [1.29, 1.82) is 0 Å². The Bertz CT molecular complexity index is 1330. The molecule has 4 aromatic rings. The molecule has 0 amide bonds. The predicted molar refractivity (Wildman–Crippen MR) is 156 cm³/mol. The molecule has 204 valence electrons. The van der Waals surface area contributed by atoms with Crippen LogP contribution in [-0.4, -0.2) is 63.8 Å². The van der Waals surface area contributed by atoms with Crippen LogP contribution in [0, 0.1) is 13.8 Å². The number of fused-ring (bicyclic) bond motifs is 2. The fourth-order valence-electron chi connectivity index (χ4n) is 5.02. The highest BCUT2D eigenvalue weighted by Crippen LogP contribution is 2.47. The van der Waals surface area contributed by atoms with Gasteiger partial charge in [-0.3, -0.25) is 9.58 Å². The molecular weight excluding hydrogens is 508 g/mol. The highest BCUT2D eigenvalue weighted by atomic mass is 32.2. The molecule has 0 spiro atoms. The number of ether oxygens (including phenoxy) is 1. The molecule has 7 nitrogen and oxygen atoms in total. The van der Waals surface area contributed by atoms with E-state index in [9.17, 15) is 10.2 Å². The van der Waals surface area contributed by atoms with Crippen molar-refractivity contribution >= 4 is 23.1 Å². The highest BCUT2D eigenvalue weighted by molar-refractivity contribution is 7.99. The number of anilines is 2. The van der Waals surface area contributed by atoms with E-state index in [4.69, 9.17) is 4.74 Å². The zero-order valence-corrected chi connectivity index (χ0v) is 23.3. The summed E-state index contributed by atoms with van der Waals surface area (Å²) in [5.41, 5.74) is 5.47. The molecule has 0 aliphatic carbocycles. The number of β-amino-alcohol motifs (C(OH)–C–C–N with tert-alkyl or cyclic N) is 1. The zero-order chi connectivity index (χ0) is 27.2. The lowest BCUT2D eigenvalue weighted by Crippen LogP contribution is -2.40. The second-order valence-electron chi connectivity index (χ2n) is 9.90. The van der Waals surface area contributed by atoms with E-state index in [2.05, 4.69) is 57.4 Å². The number of para-hydroxylation sites is 2. The van der Waals surface area contributed by atoms with Gasteiger partial charge in [0.05, 0.1) is 42.9 Å². The molecule has 0 unspecified atom stereocenters. The van der Waals surface area contributed by atoms with Crippen molar-refractivity contribution in [2.75, 3.05) is 37.7 Å². The monoisotopic (exact) mass is 544 g/mol. The van der Waals surface area contributed by atoms with Gasteiger partial charge in [0.25, 0.3) is 0 Å². The van der Waals surface area contributed by atoms with E-state index in [-0.39, 0.29) is 6.61 Å². The molecule has 0 saturated carbocycles. The molecule has 0 fully saturated rings. The highest BCUT2D eigenvalue weighted by Gasteiger charge is 2.25. The second kappa shape index (κ2) is 12.7. The van der Waals surface area contributed by atoms with Crippen LogP contribution in [0.5, 0.6) is 5.75 Å². The van der Waals surface area contributed by atoms with Crippen LogP contribution in [-0.2, 0) is 13.1 Å². The maximum atomic E-state index is 11.2. The third kappa shape index (κ3) is 6.83. The van der Waals surface area contributed by atoms with Gasteiger partial charge in [-0.15, -0.1) is 0 Å². The molecule has 5 rings (SSSR count). The van der Waals surface area contributed by atoms with Crippen LogP contribution in [0.25, 0.3) is 0 Å². The number of hydrogen-bond donors (Lipinski definition) is 2. The lowest BCUT2D eigenvalue weighted by Gasteiger charge is -2.35. The fraction of sp³-hybridized carbons (Fsp3) is 0.323. The number of benzene rings is 3. The Morgan fingerprint density at radius 3 is 2.23 bits per heavy atom. The molecule has 0 radical (unpaired) electrons. The zero-order valence-electron chi connectivity index (χ0n) is 22.5. The van der Waals surface area contributed by atoms with E-state index in [0.717, 1.165) is 34.1 Å². The number of hydrogen-bond acceptors (Lipinski definition) is 7. The van der Waals surface area contributed by atoms with E-state index < -0.39 is 6.10 Å². The van der Waals surface area contributed by atoms with E-state index in [1.807, 2.05) is 54.9 Å². The largest absolute Gasteiger partial charge is 0.492 e. The number of aliphatic hydroxyl groups is 2. The van der Waals surface area contributed by atoms with Gasteiger partial charge in [-0.2, -0.15) is 5.10 Å². The van der Waals surface area contributed by atoms with Crippen molar-refractivity contribution in [3.8, 4) is 5.75 Å². The van der Waals surface area contributed by atoms with Crippen LogP contribution >= 0.6 is 11.8 Å². The topological polar surface area (TPSA) is 74.0 Å². The first-order chi connectivity index (χ1) is 19.0. The summed E-state index contributed by atoms with van der Waals surface area (Å²) in [6.07, 6.45) is -0.599. The summed E-state index contributed by atoms with van der Waals surface area (Å²) >= 11 is 1.76. The minimum atomic E-state index is -0.599. The summed E-state index contributed by atoms with van der Waals surface area (Å²) in [6.45, 7) is 7.37. The van der Waals surface area contributed by atoms with Gasteiger partial charge in [-0.05, 0) is 61.9 Å².